The fourth-order valence-corrected chi connectivity index (χ4v) is 1.98. The van der Waals surface area contributed by atoms with Gasteiger partial charge in [-0.05, 0) is 48.4 Å². The van der Waals surface area contributed by atoms with Crippen LogP contribution >= 0.6 is 11.6 Å². The van der Waals surface area contributed by atoms with Crippen LogP contribution < -0.4 is 16.4 Å². The van der Waals surface area contributed by atoms with Gasteiger partial charge in [-0.2, -0.15) is 0 Å². The van der Waals surface area contributed by atoms with E-state index in [9.17, 15) is 4.79 Å². The second-order valence-corrected chi connectivity index (χ2v) is 5.01. The number of nitrogens with one attached hydrogen (secondary N) is 2. The van der Waals surface area contributed by atoms with E-state index in [1.165, 1.54) is 0 Å². The number of urea groups is 1. The Morgan fingerprint density at radius 1 is 1.24 bits per heavy atom. The fraction of sp³-hybridized carbons (Fsp3) is 0.0625. The van der Waals surface area contributed by atoms with Crippen LogP contribution in [0.15, 0.2) is 48.7 Å². The Morgan fingerprint density at radius 3 is 2.76 bits per heavy atom. The Bertz CT molecular complexity index is 683. The summed E-state index contributed by atoms with van der Waals surface area (Å²) in [5.74, 6) is 0. The molecule has 0 aromatic heterocycles. The van der Waals surface area contributed by atoms with E-state index >= 15 is 0 Å². The monoisotopic (exact) mass is 301 g/mol. The van der Waals surface area contributed by atoms with Crippen molar-refractivity contribution in [2.45, 2.75) is 6.92 Å². The lowest BCUT2D eigenvalue weighted by Crippen LogP contribution is -2.24. The zero-order valence-corrected chi connectivity index (χ0v) is 12.3. The van der Waals surface area contributed by atoms with Crippen LogP contribution in [0.2, 0.25) is 5.02 Å². The molecule has 2 aromatic carbocycles. The van der Waals surface area contributed by atoms with Crippen LogP contribution in [-0.4, -0.2) is 6.03 Å². The van der Waals surface area contributed by atoms with Crippen molar-refractivity contribution in [2.75, 3.05) is 11.1 Å². The highest BCUT2D eigenvalue weighted by Crippen LogP contribution is 2.19. The van der Waals surface area contributed by atoms with E-state index in [4.69, 9.17) is 17.3 Å². The van der Waals surface area contributed by atoms with Gasteiger partial charge in [-0.3, -0.25) is 0 Å². The number of amides is 2. The zero-order valence-electron chi connectivity index (χ0n) is 11.6. The molecule has 2 amide bonds. The van der Waals surface area contributed by atoms with Gasteiger partial charge in [0.1, 0.15) is 0 Å². The average Bonchev–Trinajstić information content (AvgIpc) is 2.42. The van der Waals surface area contributed by atoms with Crippen molar-refractivity contribution in [3.63, 3.8) is 0 Å². The fourth-order valence-electron chi connectivity index (χ4n) is 1.78. The number of hydrogen-bond donors (Lipinski definition) is 3. The summed E-state index contributed by atoms with van der Waals surface area (Å²) in [6.07, 6.45) is 3.30. The van der Waals surface area contributed by atoms with Gasteiger partial charge in [-0.15, -0.1) is 0 Å². The molecule has 0 aliphatic carbocycles. The van der Waals surface area contributed by atoms with Crippen molar-refractivity contribution < 1.29 is 4.79 Å². The van der Waals surface area contributed by atoms with E-state index in [0.717, 1.165) is 11.1 Å². The summed E-state index contributed by atoms with van der Waals surface area (Å²) >= 11 is 5.88. The molecule has 2 rings (SSSR count). The molecular weight excluding hydrogens is 286 g/mol. The van der Waals surface area contributed by atoms with Gasteiger partial charge in [0, 0.05) is 11.2 Å². The number of halogens is 1. The highest BCUT2D eigenvalue weighted by molar-refractivity contribution is 6.30. The van der Waals surface area contributed by atoms with Gasteiger partial charge < -0.3 is 16.4 Å². The van der Waals surface area contributed by atoms with Crippen molar-refractivity contribution in [3.8, 4) is 0 Å². The molecule has 0 atom stereocenters. The van der Waals surface area contributed by atoms with Crippen molar-refractivity contribution in [3.05, 3.63) is 64.8 Å². The standard InChI is InChI=1S/C16H16ClN3O/c1-11-5-6-15(14(18)9-11)20-16(21)19-8-7-12-3-2-4-13(17)10-12/h2-10H,18H2,1H3,(H2,19,20,21)/b8-7+. The van der Waals surface area contributed by atoms with Crippen LogP contribution in [0.3, 0.4) is 0 Å². The van der Waals surface area contributed by atoms with Crippen LogP contribution in [0, 0.1) is 6.92 Å². The van der Waals surface area contributed by atoms with Crippen molar-refractivity contribution in [2.24, 2.45) is 0 Å². The van der Waals surface area contributed by atoms with Crippen molar-refractivity contribution >= 4 is 35.1 Å². The smallest absolute Gasteiger partial charge is 0.323 e. The predicted octanol–water partition coefficient (Wildman–Crippen LogP) is 4.02. The highest BCUT2D eigenvalue weighted by atomic mass is 35.5. The molecule has 0 heterocycles. The lowest BCUT2D eigenvalue weighted by atomic mass is 10.2. The number of carbonyl (C=O) groups excluding carboxylic acids is 1. The molecular formula is C16H16ClN3O. The van der Waals surface area contributed by atoms with Crippen LogP contribution in [0.4, 0.5) is 16.2 Å². The quantitative estimate of drug-likeness (QED) is 0.749. The number of aryl methyl sites for hydroxylation is 1. The summed E-state index contributed by atoms with van der Waals surface area (Å²) in [4.78, 5) is 11.8. The third-order valence-corrected chi connectivity index (χ3v) is 3.03. The Hall–Kier alpha value is -2.46. The minimum absolute atomic E-state index is 0.358. The van der Waals surface area contributed by atoms with Gasteiger partial charge >= 0.3 is 6.03 Å². The van der Waals surface area contributed by atoms with Gasteiger partial charge in [0.25, 0.3) is 0 Å². The largest absolute Gasteiger partial charge is 0.397 e. The molecule has 0 fully saturated rings. The van der Waals surface area contributed by atoms with Crippen molar-refractivity contribution in [1.29, 1.82) is 0 Å². The SMILES string of the molecule is Cc1ccc(NC(=O)N/C=C/c2cccc(Cl)c2)c(N)c1. The van der Waals surface area contributed by atoms with Gasteiger partial charge in [0.05, 0.1) is 11.4 Å². The summed E-state index contributed by atoms with van der Waals surface area (Å²) in [7, 11) is 0. The molecule has 0 saturated carbocycles. The third-order valence-electron chi connectivity index (χ3n) is 2.79. The Kier molecular flexibility index (Phi) is 4.85. The molecule has 2 aromatic rings. The molecule has 0 spiro atoms. The number of nitrogens with two attached hydrogens (primary N) is 1. The van der Waals surface area contributed by atoms with E-state index in [-0.39, 0.29) is 6.03 Å². The van der Waals surface area contributed by atoms with E-state index in [2.05, 4.69) is 10.6 Å². The van der Waals surface area contributed by atoms with E-state index < -0.39 is 0 Å². The van der Waals surface area contributed by atoms with Crippen LogP contribution in [-0.2, 0) is 0 Å². The van der Waals surface area contributed by atoms with Crippen LogP contribution in [0.5, 0.6) is 0 Å². The molecule has 0 radical (unpaired) electrons. The maximum atomic E-state index is 11.8. The molecule has 0 unspecified atom stereocenters. The van der Waals surface area contributed by atoms with Gasteiger partial charge in [0.15, 0.2) is 0 Å². The van der Waals surface area contributed by atoms with Crippen LogP contribution in [0.25, 0.3) is 6.08 Å². The maximum Gasteiger partial charge on any atom is 0.323 e. The van der Waals surface area contributed by atoms with E-state index in [1.54, 1.807) is 36.5 Å². The summed E-state index contributed by atoms with van der Waals surface area (Å²) < 4.78 is 0. The summed E-state index contributed by atoms with van der Waals surface area (Å²) in [6.45, 7) is 1.94. The number of rotatable bonds is 3. The molecule has 0 saturated heterocycles. The van der Waals surface area contributed by atoms with E-state index in [0.29, 0.717) is 16.4 Å². The molecule has 0 bridgehead atoms. The Labute approximate surface area is 128 Å². The van der Waals surface area contributed by atoms with Crippen molar-refractivity contribution in [1.82, 2.24) is 5.32 Å². The van der Waals surface area contributed by atoms with Gasteiger partial charge in [-0.1, -0.05) is 29.8 Å². The van der Waals surface area contributed by atoms with Gasteiger partial charge in [0.2, 0.25) is 0 Å². The highest BCUT2D eigenvalue weighted by Gasteiger charge is 2.03. The molecule has 5 heteroatoms. The number of nitrogen functional groups attached to an aromatic ring is 1. The minimum Gasteiger partial charge on any atom is -0.397 e. The van der Waals surface area contributed by atoms with E-state index in [1.807, 2.05) is 25.1 Å². The second kappa shape index (κ2) is 6.81. The average molecular weight is 302 g/mol. The predicted molar refractivity (Wildman–Crippen MR) is 88.2 cm³/mol. The molecule has 0 aliphatic heterocycles. The topological polar surface area (TPSA) is 67.2 Å². The Morgan fingerprint density at radius 2 is 2.05 bits per heavy atom. The minimum atomic E-state index is -0.358. The Balaban J connectivity index is 1.93. The first-order valence-electron chi connectivity index (χ1n) is 6.40. The first-order chi connectivity index (χ1) is 10.0. The lowest BCUT2D eigenvalue weighted by molar-refractivity contribution is 0.255. The van der Waals surface area contributed by atoms with Crippen LogP contribution in [0.1, 0.15) is 11.1 Å². The first kappa shape index (κ1) is 14.9. The summed E-state index contributed by atoms with van der Waals surface area (Å²) in [5, 5.41) is 5.94. The maximum absolute atomic E-state index is 11.8. The molecule has 21 heavy (non-hydrogen) atoms. The molecule has 108 valence electrons. The third kappa shape index (κ3) is 4.54. The number of anilines is 2. The zero-order chi connectivity index (χ0) is 15.2. The number of hydrogen-bond acceptors (Lipinski definition) is 2. The normalized spacial score (nSPS) is 10.6. The molecule has 0 aliphatic rings. The number of carbonyl (C=O) groups is 1. The number of benzene rings is 2. The van der Waals surface area contributed by atoms with Gasteiger partial charge in [-0.25, -0.2) is 4.79 Å². The second-order valence-electron chi connectivity index (χ2n) is 4.58. The molecule has 4 N–H and O–H groups in total. The lowest BCUT2D eigenvalue weighted by Gasteiger charge is -2.08. The summed E-state index contributed by atoms with van der Waals surface area (Å²) in [5.41, 5.74) is 8.88. The molecule has 4 nitrogen and oxygen atoms in total. The summed E-state index contributed by atoms with van der Waals surface area (Å²) in [6, 6.07) is 12.4. The first-order valence-corrected chi connectivity index (χ1v) is 6.78.